The first-order chi connectivity index (χ1) is 22.2. The Balaban J connectivity index is 0.991. The van der Waals surface area contributed by atoms with E-state index in [9.17, 15) is 22.8 Å². The molecule has 0 saturated heterocycles. The maximum atomic E-state index is 13.2. The van der Waals surface area contributed by atoms with Crippen molar-refractivity contribution in [1.82, 2.24) is 20.3 Å². The quantitative estimate of drug-likeness (QED) is 0.224. The van der Waals surface area contributed by atoms with Crippen LogP contribution in [0, 0.1) is 17.8 Å². The zero-order valence-electron chi connectivity index (χ0n) is 24.9. The predicted octanol–water partition coefficient (Wildman–Crippen LogP) is 6.61. The number of ether oxygens (including phenoxy) is 2. The molecule has 2 heterocycles. The van der Waals surface area contributed by atoms with Gasteiger partial charge in [0, 0.05) is 22.6 Å². The normalized spacial score (nSPS) is 27.1. The van der Waals surface area contributed by atoms with Crippen molar-refractivity contribution < 1.29 is 27.2 Å². The van der Waals surface area contributed by atoms with Crippen molar-refractivity contribution in [2.24, 2.45) is 17.8 Å². The number of nitrogens with zero attached hydrogens (tertiary/aromatic N) is 2. The number of aromatic amines is 2. The third-order valence-corrected chi connectivity index (χ3v) is 10.6. The maximum Gasteiger partial charge on any atom is 0.573 e. The van der Waals surface area contributed by atoms with Gasteiger partial charge in [-0.1, -0.05) is 41.6 Å². The van der Waals surface area contributed by atoms with Gasteiger partial charge in [0.1, 0.15) is 17.2 Å². The number of benzene rings is 2. The highest BCUT2D eigenvalue weighted by Crippen LogP contribution is 2.66. The second-order valence-electron chi connectivity index (χ2n) is 13.4. The summed E-state index contributed by atoms with van der Waals surface area (Å²) in [5.74, 6) is 2.31. The minimum atomic E-state index is -4.83. The molecule has 1 unspecified atom stereocenters. The fourth-order valence-electron chi connectivity index (χ4n) is 8.56. The van der Waals surface area contributed by atoms with Crippen molar-refractivity contribution in [2.45, 2.75) is 81.8 Å². The van der Waals surface area contributed by atoms with Crippen molar-refractivity contribution in [1.29, 1.82) is 0 Å². The number of aromatic nitrogens is 4. The topological polar surface area (TPSA) is 123 Å². The zero-order chi connectivity index (χ0) is 31.6. The fourth-order valence-corrected chi connectivity index (χ4v) is 8.56. The number of rotatable bonds is 8. The van der Waals surface area contributed by atoms with E-state index in [-0.39, 0.29) is 41.1 Å². The number of nitrogens with one attached hydrogen (secondary N) is 2. The van der Waals surface area contributed by atoms with Crippen LogP contribution >= 0.6 is 0 Å². The number of hydrogen-bond donors (Lipinski definition) is 2. The molecule has 2 aromatic heterocycles. The number of para-hydroxylation sites is 1. The van der Waals surface area contributed by atoms with Crippen LogP contribution in [0.4, 0.5) is 13.2 Å². The largest absolute Gasteiger partial charge is 0.573 e. The van der Waals surface area contributed by atoms with Crippen molar-refractivity contribution in [2.75, 3.05) is 0 Å². The minimum absolute atomic E-state index is 0.0271. The SMILES string of the molecule is O=c1[nH]nc(-c2ccc([C@]34C[C@H]5CC3[C@@H](CC[C@@H](OCc3c(-c6ccccc6OC(F)(F)F)noc3C3CC3)C5)C4)cc2)c(=O)[nH]1. The van der Waals surface area contributed by atoms with Gasteiger partial charge in [-0.05, 0) is 92.2 Å². The van der Waals surface area contributed by atoms with Crippen LogP contribution in [0.2, 0.25) is 0 Å². The lowest BCUT2D eigenvalue weighted by Gasteiger charge is -2.53. The van der Waals surface area contributed by atoms with E-state index in [2.05, 4.69) is 37.2 Å². The Labute approximate surface area is 261 Å². The molecule has 0 spiro atoms. The van der Waals surface area contributed by atoms with Gasteiger partial charge < -0.3 is 14.0 Å². The van der Waals surface area contributed by atoms with E-state index in [1.54, 1.807) is 12.1 Å². The lowest BCUT2D eigenvalue weighted by Crippen LogP contribution is -2.48. The molecule has 0 radical (unpaired) electrons. The van der Waals surface area contributed by atoms with Crippen LogP contribution in [-0.4, -0.2) is 32.8 Å². The molecule has 12 heteroatoms. The Kier molecular flexibility index (Phi) is 6.97. The molecule has 4 saturated carbocycles. The highest BCUT2D eigenvalue weighted by Gasteiger charge is 2.60. The Morgan fingerprint density at radius 1 is 0.957 bits per heavy atom. The second kappa shape index (κ2) is 11.0. The van der Waals surface area contributed by atoms with Crippen LogP contribution < -0.4 is 16.0 Å². The molecule has 8 rings (SSSR count). The third kappa shape index (κ3) is 5.26. The first kappa shape index (κ1) is 29.2. The molecule has 240 valence electrons. The van der Waals surface area contributed by atoms with E-state index >= 15 is 0 Å². The Bertz CT molecular complexity index is 1880. The van der Waals surface area contributed by atoms with Gasteiger partial charge in [-0.2, -0.15) is 5.10 Å². The summed E-state index contributed by atoms with van der Waals surface area (Å²) >= 11 is 0. The van der Waals surface area contributed by atoms with Gasteiger partial charge in [-0.15, -0.1) is 13.2 Å². The first-order valence-corrected chi connectivity index (χ1v) is 15.9. The van der Waals surface area contributed by atoms with Crippen LogP contribution in [0.3, 0.4) is 0 Å². The van der Waals surface area contributed by atoms with E-state index in [0.29, 0.717) is 40.3 Å². The fraction of sp³-hybridized carbons (Fsp3) is 0.471. The van der Waals surface area contributed by atoms with Crippen molar-refractivity contribution in [3.05, 3.63) is 86.3 Å². The smallest absolute Gasteiger partial charge is 0.405 e. The first-order valence-electron chi connectivity index (χ1n) is 15.9. The molecule has 4 aliphatic carbocycles. The Hall–Kier alpha value is -4.19. The predicted molar refractivity (Wildman–Crippen MR) is 160 cm³/mol. The summed E-state index contributed by atoms with van der Waals surface area (Å²) in [5.41, 5.74) is 2.37. The summed E-state index contributed by atoms with van der Waals surface area (Å²) in [6, 6.07) is 14.1. The molecule has 4 aromatic rings. The summed E-state index contributed by atoms with van der Waals surface area (Å²) in [6.07, 6.45) is 3.36. The molecule has 4 aliphatic rings. The van der Waals surface area contributed by atoms with E-state index in [4.69, 9.17) is 9.26 Å². The molecule has 9 nitrogen and oxygen atoms in total. The third-order valence-electron chi connectivity index (χ3n) is 10.6. The summed E-state index contributed by atoms with van der Waals surface area (Å²) < 4.78 is 56.2. The summed E-state index contributed by atoms with van der Waals surface area (Å²) in [5, 5.41) is 10.5. The lowest BCUT2D eigenvalue weighted by atomic mass is 9.51. The van der Waals surface area contributed by atoms with Gasteiger partial charge >= 0.3 is 12.1 Å². The highest BCUT2D eigenvalue weighted by molar-refractivity contribution is 5.70. The summed E-state index contributed by atoms with van der Waals surface area (Å²) in [7, 11) is 0. The van der Waals surface area contributed by atoms with Gasteiger partial charge in [0.15, 0.2) is 5.69 Å². The number of halogens is 3. The minimum Gasteiger partial charge on any atom is -0.405 e. The molecule has 5 atom stereocenters. The molecule has 46 heavy (non-hydrogen) atoms. The average molecular weight is 635 g/mol. The standard InChI is InChI=1S/C34H33F3N4O5/c35-34(36,37)45-27-4-2-1-3-24(27)29-25(30(46-41-29)20-5-6-20)17-44-23-12-9-21-16-33(15-18(13-23)14-26(21)33)22-10-7-19(8-11-22)28-31(42)38-32(43)40-39-28/h1-4,7-8,10-11,18,20-21,23,26H,5-6,9,12-17H2,(H2,38,40,42,43)/t18-,21+,23-,26?,33-/m1/s1. The van der Waals surface area contributed by atoms with Crippen LogP contribution in [0.5, 0.6) is 5.75 Å². The van der Waals surface area contributed by atoms with Crippen LogP contribution in [0.15, 0.2) is 62.6 Å². The lowest BCUT2D eigenvalue weighted by molar-refractivity contribution is -0.274. The Morgan fingerprint density at radius 2 is 1.76 bits per heavy atom. The van der Waals surface area contributed by atoms with E-state index in [1.807, 2.05) is 12.1 Å². The van der Waals surface area contributed by atoms with Gasteiger partial charge in [0.2, 0.25) is 0 Å². The molecule has 4 fully saturated rings. The van der Waals surface area contributed by atoms with E-state index in [0.717, 1.165) is 51.4 Å². The van der Waals surface area contributed by atoms with E-state index in [1.165, 1.54) is 17.7 Å². The monoisotopic (exact) mass is 634 g/mol. The van der Waals surface area contributed by atoms with Crippen molar-refractivity contribution in [3.8, 4) is 28.3 Å². The van der Waals surface area contributed by atoms with Gasteiger partial charge in [-0.3, -0.25) is 9.78 Å². The number of hydrogen-bond acceptors (Lipinski definition) is 7. The molecule has 2 aromatic carbocycles. The second-order valence-corrected chi connectivity index (χ2v) is 13.4. The van der Waals surface area contributed by atoms with Gasteiger partial charge in [0.05, 0.1) is 12.7 Å². The number of H-pyrrole nitrogens is 2. The number of alkyl halides is 3. The molecule has 2 bridgehead atoms. The molecule has 0 aliphatic heterocycles. The number of fused-ring (bicyclic) bond motifs is 1. The van der Waals surface area contributed by atoms with E-state index < -0.39 is 17.6 Å². The van der Waals surface area contributed by atoms with Crippen molar-refractivity contribution in [3.63, 3.8) is 0 Å². The van der Waals surface area contributed by atoms with Crippen LogP contribution in [-0.2, 0) is 16.8 Å². The maximum absolute atomic E-state index is 13.2. The summed E-state index contributed by atoms with van der Waals surface area (Å²) in [4.78, 5) is 25.8. The molecule has 2 N–H and O–H groups in total. The summed E-state index contributed by atoms with van der Waals surface area (Å²) in [6.45, 7) is 0.223. The molecular weight excluding hydrogens is 601 g/mol. The molecule has 0 amide bonds. The van der Waals surface area contributed by atoms with Crippen LogP contribution in [0.25, 0.3) is 22.5 Å². The van der Waals surface area contributed by atoms with Crippen LogP contribution in [0.1, 0.15) is 74.2 Å². The average Bonchev–Trinajstić information content (AvgIpc) is 3.68. The zero-order valence-corrected chi connectivity index (χ0v) is 24.9. The van der Waals surface area contributed by atoms with Crippen molar-refractivity contribution >= 4 is 0 Å². The molecular formula is C34H33F3N4O5. The van der Waals surface area contributed by atoms with Gasteiger partial charge in [-0.25, -0.2) is 9.89 Å². The van der Waals surface area contributed by atoms with Gasteiger partial charge in [0.25, 0.3) is 5.56 Å². The Morgan fingerprint density at radius 3 is 2.52 bits per heavy atom. The highest BCUT2D eigenvalue weighted by atomic mass is 19.4.